The van der Waals surface area contributed by atoms with Gasteiger partial charge in [0.25, 0.3) is 5.82 Å². The van der Waals surface area contributed by atoms with Gasteiger partial charge in [0, 0.05) is 220 Å². The van der Waals surface area contributed by atoms with Crippen molar-refractivity contribution in [2.75, 3.05) is 0 Å². The Kier molecular flexibility index (Phi) is 24.8. The fourth-order valence-electron chi connectivity index (χ4n) is 18.3. The Morgan fingerprint density at radius 1 is 0.323 bits per heavy atom. The lowest BCUT2D eigenvalue weighted by Gasteiger charge is -2.22. The third-order valence-corrected chi connectivity index (χ3v) is 24.8. The average Bonchev–Trinajstić information content (AvgIpc) is 1.62. The number of aromatic nitrogens is 16. The van der Waals surface area contributed by atoms with Crippen LogP contribution in [-0.2, 0) is 40.7 Å². The molecule has 10 aromatic heterocycles. The Bertz CT molecular complexity index is 7470. The molecule has 0 saturated carbocycles. The Labute approximate surface area is 746 Å². The summed E-state index contributed by atoms with van der Waals surface area (Å²) in [6.07, 6.45) is 22.7. The molecule has 19 aromatic rings. The summed E-state index contributed by atoms with van der Waals surface area (Å²) in [6, 6.07) is 71.1. The molecule has 0 aliphatic heterocycles. The van der Waals surface area contributed by atoms with Gasteiger partial charge in [0.2, 0.25) is 44.8 Å². The summed E-state index contributed by atoms with van der Waals surface area (Å²) < 4.78 is 21.8. The smallest absolute Gasteiger partial charge is 0.300 e. The van der Waals surface area contributed by atoms with Crippen LogP contribution in [0.4, 0.5) is 5.69 Å². The van der Waals surface area contributed by atoms with Crippen LogP contribution < -0.4 is 22.8 Å². The van der Waals surface area contributed by atoms with Gasteiger partial charge in [0.05, 0.1) is 97.7 Å². The number of hydrogen-bond acceptors (Lipinski definition) is 6. The first-order valence-corrected chi connectivity index (χ1v) is 43.2. The van der Waals surface area contributed by atoms with E-state index in [2.05, 4.69) is 384 Å². The minimum atomic E-state index is 0.0504. The number of fused-ring (bicyclic) bond motifs is 4. The number of benzene rings is 9. The second-order valence-corrected chi connectivity index (χ2v) is 34.8. The maximum absolute atomic E-state index is 7.56. The fourth-order valence-corrected chi connectivity index (χ4v) is 18.3. The van der Waals surface area contributed by atoms with Gasteiger partial charge in [-0.1, -0.05) is 80.4 Å². The maximum Gasteiger partial charge on any atom is 0.300 e. The van der Waals surface area contributed by atoms with Gasteiger partial charge in [-0.25, -0.2) is 29.8 Å². The molecule has 0 atom stereocenters. The quantitative estimate of drug-likeness (QED) is 0.0992. The largest absolute Gasteiger partial charge is 0.334 e. The highest BCUT2D eigenvalue weighted by molar-refractivity contribution is 5.82. The highest BCUT2D eigenvalue weighted by Crippen LogP contribution is 2.38. The molecular formula is C110H114N17+5. The summed E-state index contributed by atoms with van der Waals surface area (Å²) in [5.74, 6) is 0.980. The van der Waals surface area contributed by atoms with Crippen molar-refractivity contribution >= 4 is 49.3 Å². The molecule has 9 aromatic carbocycles. The van der Waals surface area contributed by atoms with Gasteiger partial charge in [0.15, 0.2) is 28.5 Å². The van der Waals surface area contributed by atoms with Gasteiger partial charge in [-0.05, 0) is 181 Å². The van der Waals surface area contributed by atoms with Crippen molar-refractivity contribution < 1.29 is 22.8 Å². The Morgan fingerprint density at radius 3 is 1.04 bits per heavy atom. The fraction of sp³-hybridized carbons (Fsp3) is 0.218. The average molecular weight is 1670 g/mol. The molecular weight excluding hydrogens is 1560 g/mol. The van der Waals surface area contributed by atoms with Crippen molar-refractivity contribution in [1.29, 1.82) is 0 Å². The van der Waals surface area contributed by atoms with E-state index >= 15 is 0 Å². The van der Waals surface area contributed by atoms with Crippen LogP contribution >= 0.6 is 0 Å². The lowest BCUT2D eigenvalue weighted by molar-refractivity contribution is -0.607. The van der Waals surface area contributed by atoms with Crippen LogP contribution in [-0.4, -0.2) is 52.7 Å². The molecule has 0 bridgehead atoms. The Morgan fingerprint density at radius 2 is 0.661 bits per heavy atom. The van der Waals surface area contributed by atoms with Crippen LogP contribution in [0.15, 0.2) is 275 Å². The van der Waals surface area contributed by atoms with Crippen LogP contribution in [0.1, 0.15) is 111 Å². The van der Waals surface area contributed by atoms with Crippen molar-refractivity contribution in [2.45, 2.75) is 130 Å². The molecule has 10 heterocycles. The van der Waals surface area contributed by atoms with Gasteiger partial charge in [-0.15, -0.1) is 0 Å². The van der Waals surface area contributed by atoms with Crippen molar-refractivity contribution in [3.05, 3.63) is 376 Å². The van der Waals surface area contributed by atoms with Gasteiger partial charge in [-0.2, -0.15) is 22.8 Å². The number of hydrogen-bond donors (Lipinski definition) is 0. The zero-order valence-corrected chi connectivity index (χ0v) is 77.6. The zero-order valence-electron chi connectivity index (χ0n) is 77.6. The minimum Gasteiger partial charge on any atom is -0.334 e. The standard InChI is InChI=1S/C25H28N3.C23H24N3.C22H19N4.C22H22N3.C18H21N4/c1-17-11-12-19-9-7-8-10-22(19)28(17)23-14-20(25(3,4)5)13-21(18(23)2)24-15-26-16-27(24)6;1-15-12-16(2)23(18(4)22(15)21-13-24-14-25(21)5)26-17(3)10-11-19-8-6-7-9-20(19)26;1-15-9-10-17-7-5-6-8-20(17)26(15)21-12-18(23-3)11-19(16(21)2)22-13-24-14-25(22)4;1-15-11-19(22-13-23-14-24(22)4)17(3)21(12-15)25-16(2)9-10-18-7-5-6-8-20(18)25;1-12-9-13(2)18(22-8-6-7-20-15(22)4)14(3)17(12)16-10-19-11-21(16)5/h7-16H,1-6H3;6-14H,1-5H3;5-14H,1-2,4H3;5-14H,1-4H3;6-11H,1-5H3/q5*+1. The van der Waals surface area contributed by atoms with Gasteiger partial charge >= 0.3 is 0 Å². The number of rotatable bonds is 10. The van der Waals surface area contributed by atoms with Crippen LogP contribution in [0.3, 0.4) is 0 Å². The maximum atomic E-state index is 7.56. The van der Waals surface area contributed by atoms with E-state index in [9.17, 15) is 0 Å². The third-order valence-electron chi connectivity index (χ3n) is 24.8. The number of pyridine rings is 4. The summed E-state index contributed by atoms with van der Waals surface area (Å²) in [5.41, 5.74) is 41.7. The van der Waals surface area contributed by atoms with Crippen molar-refractivity contribution in [1.82, 2.24) is 52.7 Å². The summed E-state index contributed by atoms with van der Waals surface area (Å²) in [4.78, 5) is 29.6. The Hall–Kier alpha value is -14.8. The molecule has 0 fully saturated rings. The normalized spacial score (nSPS) is 11.3. The summed E-state index contributed by atoms with van der Waals surface area (Å²) in [6.45, 7) is 46.8. The van der Waals surface area contributed by atoms with Crippen LogP contribution in [0.5, 0.6) is 0 Å². The number of nitrogens with zero attached hydrogens (tertiary/aromatic N) is 17. The molecule has 17 heteroatoms. The summed E-state index contributed by atoms with van der Waals surface area (Å²) in [7, 11) is 10.2. The van der Waals surface area contributed by atoms with Gasteiger partial charge in [0.1, 0.15) is 18.1 Å². The lowest BCUT2D eigenvalue weighted by atomic mass is 9.84. The molecule has 0 amide bonds. The van der Waals surface area contributed by atoms with Crippen molar-refractivity contribution in [2.24, 2.45) is 35.2 Å². The second-order valence-electron chi connectivity index (χ2n) is 34.8. The highest BCUT2D eigenvalue weighted by Gasteiger charge is 2.31. The summed E-state index contributed by atoms with van der Waals surface area (Å²) in [5, 5.41) is 4.92. The van der Waals surface area contributed by atoms with E-state index in [1.54, 1.807) is 6.33 Å². The van der Waals surface area contributed by atoms with E-state index in [0.29, 0.717) is 5.69 Å². The Balaban J connectivity index is 0.000000123. The molecule has 0 N–H and O–H groups in total. The molecule has 0 saturated heterocycles. The number of imidazole rings is 5. The number of aryl methyl sites for hydroxylation is 15. The van der Waals surface area contributed by atoms with Gasteiger partial charge < -0.3 is 22.8 Å². The molecule has 634 valence electrons. The van der Waals surface area contributed by atoms with Gasteiger partial charge in [-0.3, -0.25) is 0 Å². The topological polar surface area (TPSA) is 126 Å². The predicted molar refractivity (Wildman–Crippen MR) is 515 cm³/mol. The van der Waals surface area contributed by atoms with E-state index in [0.717, 1.165) is 62.3 Å². The molecule has 127 heavy (non-hydrogen) atoms. The van der Waals surface area contributed by atoms with Crippen molar-refractivity contribution in [3.63, 3.8) is 0 Å². The van der Waals surface area contributed by atoms with Crippen LogP contribution in [0, 0.1) is 110 Å². The minimum absolute atomic E-state index is 0.0504. The molecule has 19 rings (SSSR count). The highest BCUT2D eigenvalue weighted by atomic mass is 15.1. The molecule has 17 nitrogen and oxygen atoms in total. The first kappa shape index (κ1) is 87.2. The van der Waals surface area contributed by atoms with Crippen LogP contribution in [0.2, 0.25) is 0 Å². The first-order valence-electron chi connectivity index (χ1n) is 43.2. The molecule has 0 aliphatic rings. The van der Waals surface area contributed by atoms with E-state index < -0.39 is 0 Å². The lowest BCUT2D eigenvalue weighted by Crippen LogP contribution is -2.37. The molecule has 0 unspecified atom stereocenters. The zero-order chi connectivity index (χ0) is 90.1. The third kappa shape index (κ3) is 17.1. The predicted octanol–water partition coefficient (Wildman–Crippen LogP) is 22.3. The first-order chi connectivity index (χ1) is 60.9. The monoisotopic (exact) mass is 1670 g/mol. The van der Waals surface area contributed by atoms with E-state index in [1.807, 2.05) is 125 Å². The van der Waals surface area contributed by atoms with Crippen LogP contribution in [0.25, 0.3) is 133 Å². The van der Waals surface area contributed by atoms with E-state index in [1.165, 1.54) is 156 Å². The van der Waals surface area contributed by atoms with Crippen molar-refractivity contribution in [3.8, 4) is 84.7 Å². The second kappa shape index (κ2) is 36.2. The van der Waals surface area contributed by atoms with E-state index in [4.69, 9.17) is 6.57 Å². The summed E-state index contributed by atoms with van der Waals surface area (Å²) >= 11 is 0. The number of para-hydroxylation sites is 4. The molecule has 0 spiro atoms. The molecule has 0 aliphatic carbocycles. The van der Waals surface area contributed by atoms with E-state index in [-0.39, 0.29) is 5.41 Å². The SMILES string of the molecule is Cc1c(-c2cncn2C)cc(C(C)(C)C)cc1-[n+]1c(C)ccc2ccccc21.Cc1cc(-c2cncn2C)c(C)c(-[n+]2c(C)ccc3ccccc32)c1.Cc1cc(C)c(-[n+]2c(C)ccc3ccccc32)c(C)c1-c1cncn1C.Cc1cc(C)c(-[n+]2cccnc2C)c(C)c1-c1cncn1C.[C-]#[N+]c1cc(-c2cncn2C)c(C)c(-[n+]2c(C)ccc3ccccc32)c1. The molecule has 0 radical (unpaired) electrons.